The molecule has 0 atom stereocenters. The fourth-order valence-corrected chi connectivity index (χ4v) is 0.0807. The Balaban J connectivity index is 2.83. The lowest BCUT2D eigenvalue weighted by Gasteiger charge is -1.93. The van der Waals surface area contributed by atoms with E-state index in [1.165, 1.54) is 5.65 Å². The standard InChI is InChI=1S/C3H7FN2/c1-3(2)5-6-4/h5-6H,1H2,2H3. The van der Waals surface area contributed by atoms with E-state index in [9.17, 15) is 4.48 Å². The molecule has 0 aliphatic heterocycles. The predicted octanol–water partition coefficient (Wildman–Crippen LogP) is 0.499. The molecule has 2 nitrogen and oxygen atoms in total. The highest BCUT2D eigenvalue weighted by atomic mass is 19.2. The summed E-state index contributed by atoms with van der Waals surface area (Å²) in [6, 6.07) is 0. The van der Waals surface area contributed by atoms with Crippen LogP contribution in [-0.4, -0.2) is 0 Å². The lowest BCUT2D eigenvalue weighted by molar-refractivity contribution is 0.289. The monoisotopic (exact) mass is 90.1 g/mol. The molecule has 0 spiro atoms. The van der Waals surface area contributed by atoms with Gasteiger partial charge in [0.25, 0.3) is 0 Å². The summed E-state index contributed by atoms with van der Waals surface area (Å²) in [5.41, 5.74) is 3.87. The van der Waals surface area contributed by atoms with Crippen LogP contribution in [0.3, 0.4) is 0 Å². The SMILES string of the molecule is C=C(C)NNF. The van der Waals surface area contributed by atoms with Crippen LogP contribution in [0.4, 0.5) is 4.48 Å². The molecular formula is C3H7FN2. The van der Waals surface area contributed by atoms with Gasteiger partial charge in [0.2, 0.25) is 0 Å². The van der Waals surface area contributed by atoms with Crippen molar-refractivity contribution in [3.8, 4) is 0 Å². The number of halogens is 1. The van der Waals surface area contributed by atoms with Gasteiger partial charge in [0.05, 0.1) is 0 Å². The van der Waals surface area contributed by atoms with Crippen LogP contribution in [0.5, 0.6) is 0 Å². The van der Waals surface area contributed by atoms with E-state index in [4.69, 9.17) is 0 Å². The van der Waals surface area contributed by atoms with Gasteiger partial charge in [-0.2, -0.15) is 0 Å². The van der Waals surface area contributed by atoms with Crippen LogP contribution < -0.4 is 11.1 Å². The largest absolute Gasteiger partial charge is 0.300 e. The molecule has 0 fully saturated rings. The molecule has 0 aromatic rings. The zero-order chi connectivity index (χ0) is 4.99. The summed E-state index contributed by atoms with van der Waals surface area (Å²) in [4.78, 5) is 0. The lowest BCUT2D eigenvalue weighted by Crippen LogP contribution is -2.20. The topological polar surface area (TPSA) is 24.1 Å². The first-order chi connectivity index (χ1) is 2.77. The second kappa shape index (κ2) is 2.66. The van der Waals surface area contributed by atoms with Crippen molar-refractivity contribution >= 4 is 0 Å². The molecule has 0 saturated heterocycles. The van der Waals surface area contributed by atoms with Crippen molar-refractivity contribution in [3.63, 3.8) is 0 Å². The van der Waals surface area contributed by atoms with Crippen molar-refractivity contribution in [2.24, 2.45) is 0 Å². The number of hydrogen-bond acceptors (Lipinski definition) is 2. The minimum Gasteiger partial charge on any atom is -0.300 e. The second-order valence-corrected chi connectivity index (χ2v) is 1.000. The maximum Gasteiger partial charge on any atom is 0.0183 e. The number of hydrazine groups is 1. The van der Waals surface area contributed by atoms with Gasteiger partial charge < -0.3 is 0 Å². The summed E-state index contributed by atoms with van der Waals surface area (Å²) in [6.07, 6.45) is 0. The Bertz CT molecular complexity index is 52.8. The van der Waals surface area contributed by atoms with Crippen LogP contribution in [0.15, 0.2) is 12.3 Å². The molecule has 36 valence electrons. The third kappa shape index (κ3) is 3.43. The Morgan fingerprint density at radius 1 is 1.83 bits per heavy atom. The van der Waals surface area contributed by atoms with E-state index in [1.807, 2.05) is 0 Å². The van der Waals surface area contributed by atoms with Crippen LogP contribution >= 0.6 is 0 Å². The highest BCUT2D eigenvalue weighted by Gasteiger charge is 1.71. The van der Waals surface area contributed by atoms with E-state index >= 15 is 0 Å². The first-order valence-corrected chi connectivity index (χ1v) is 1.54. The summed E-state index contributed by atoms with van der Waals surface area (Å²) in [7, 11) is 0. The normalized spacial score (nSPS) is 7.67. The average Bonchev–Trinajstić information content (AvgIpc) is 1.35. The minimum atomic E-state index is 0.553. The Hall–Kier alpha value is -0.570. The van der Waals surface area contributed by atoms with Crippen molar-refractivity contribution in [1.82, 2.24) is 11.1 Å². The third-order valence-electron chi connectivity index (χ3n) is 0.261. The van der Waals surface area contributed by atoms with Gasteiger partial charge in [0.15, 0.2) is 0 Å². The van der Waals surface area contributed by atoms with Gasteiger partial charge in [-0.15, -0.1) is 4.48 Å². The molecule has 0 saturated carbocycles. The molecule has 0 bridgehead atoms. The van der Waals surface area contributed by atoms with Gasteiger partial charge in [0.1, 0.15) is 0 Å². The molecule has 0 radical (unpaired) electrons. The van der Waals surface area contributed by atoms with E-state index in [2.05, 4.69) is 12.0 Å². The second-order valence-electron chi connectivity index (χ2n) is 1.000. The third-order valence-corrected chi connectivity index (χ3v) is 0.261. The minimum absolute atomic E-state index is 0.553. The molecule has 0 aromatic heterocycles. The smallest absolute Gasteiger partial charge is 0.0183 e. The Morgan fingerprint density at radius 3 is 2.33 bits per heavy atom. The summed E-state index contributed by atoms with van der Waals surface area (Å²) in [6.45, 7) is 4.98. The van der Waals surface area contributed by atoms with Crippen molar-refractivity contribution in [2.75, 3.05) is 0 Å². The predicted molar refractivity (Wildman–Crippen MR) is 22.2 cm³/mol. The van der Waals surface area contributed by atoms with E-state index in [0.717, 1.165) is 0 Å². The van der Waals surface area contributed by atoms with Crippen LogP contribution in [0, 0.1) is 0 Å². The van der Waals surface area contributed by atoms with E-state index in [1.54, 1.807) is 6.92 Å². The average molecular weight is 90.1 g/mol. The van der Waals surface area contributed by atoms with Crippen LogP contribution in [-0.2, 0) is 0 Å². The van der Waals surface area contributed by atoms with Gasteiger partial charge in [-0.05, 0) is 6.92 Å². The lowest BCUT2D eigenvalue weighted by atomic mass is 10.6. The van der Waals surface area contributed by atoms with E-state index in [0.29, 0.717) is 5.70 Å². The zero-order valence-corrected chi connectivity index (χ0v) is 3.59. The summed E-state index contributed by atoms with van der Waals surface area (Å²) >= 11 is 0. The van der Waals surface area contributed by atoms with Crippen molar-refractivity contribution < 1.29 is 4.48 Å². The molecule has 0 aliphatic rings. The number of rotatable bonds is 2. The highest BCUT2D eigenvalue weighted by molar-refractivity contribution is 4.80. The number of allylic oxidation sites excluding steroid dienone is 1. The Labute approximate surface area is 36.0 Å². The van der Waals surface area contributed by atoms with Gasteiger partial charge in [-0.25, -0.2) is 0 Å². The Morgan fingerprint density at radius 2 is 2.33 bits per heavy atom. The number of nitrogens with one attached hydrogen (secondary N) is 2. The molecule has 2 N–H and O–H groups in total. The maximum absolute atomic E-state index is 10.8. The van der Waals surface area contributed by atoms with Gasteiger partial charge in [-0.1, -0.05) is 12.2 Å². The molecule has 0 aliphatic carbocycles. The first-order valence-electron chi connectivity index (χ1n) is 1.54. The summed E-state index contributed by atoms with van der Waals surface area (Å²) < 4.78 is 10.8. The quantitative estimate of drug-likeness (QED) is 0.381. The van der Waals surface area contributed by atoms with Crippen LogP contribution in [0.2, 0.25) is 0 Å². The Kier molecular flexibility index (Phi) is 2.40. The summed E-state index contributed by atoms with van der Waals surface area (Å²) in [5.74, 6) is 0. The summed E-state index contributed by atoms with van der Waals surface area (Å²) in [5, 5.41) is 0. The van der Waals surface area contributed by atoms with Crippen molar-refractivity contribution in [1.29, 1.82) is 0 Å². The fraction of sp³-hybridized carbons (Fsp3) is 0.333. The number of hydrogen-bond donors (Lipinski definition) is 2. The molecule has 0 heterocycles. The molecule has 6 heavy (non-hydrogen) atoms. The van der Waals surface area contributed by atoms with E-state index in [-0.39, 0.29) is 0 Å². The van der Waals surface area contributed by atoms with Gasteiger partial charge >= 0.3 is 0 Å². The molecule has 0 rings (SSSR count). The van der Waals surface area contributed by atoms with Crippen molar-refractivity contribution in [2.45, 2.75) is 6.92 Å². The maximum atomic E-state index is 10.8. The van der Waals surface area contributed by atoms with Crippen LogP contribution in [0.25, 0.3) is 0 Å². The molecule has 0 aromatic carbocycles. The van der Waals surface area contributed by atoms with Gasteiger partial charge in [-0.3, -0.25) is 5.43 Å². The highest BCUT2D eigenvalue weighted by Crippen LogP contribution is 1.69. The molecular weight excluding hydrogens is 83.0 g/mol. The van der Waals surface area contributed by atoms with E-state index < -0.39 is 0 Å². The first kappa shape index (κ1) is 5.43. The molecule has 0 amide bonds. The fourth-order valence-electron chi connectivity index (χ4n) is 0.0807. The van der Waals surface area contributed by atoms with Gasteiger partial charge in [0, 0.05) is 5.70 Å². The van der Waals surface area contributed by atoms with Crippen molar-refractivity contribution in [3.05, 3.63) is 12.3 Å². The molecule has 3 heteroatoms. The molecule has 0 unspecified atom stereocenters. The zero-order valence-electron chi connectivity index (χ0n) is 3.59. The van der Waals surface area contributed by atoms with Crippen LogP contribution in [0.1, 0.15) is 6.92 Å².